The largest absolute Gasteiger partial charge is 0.350 e. The first-order chi connectivity index (χ1) is 8.40. The molecule has 1 atom stereocenters. The Kier molecular flexibility index (Phi) is 6.16. The van der Waals surface area contributed by atoms with E-state index in [2.05, 4.69) is 35.1 Å². The van der Waals surface area contributed by atoms with Crippen LogP contribution in [0.15, 0.2) is 22.7 Å². The Balaban J connectivity index is 2.62. The molecule has 0 radical (unpaired) electrons. The van der Waals surface area contributed by atoms with E-state index in [-0.39, 0.29) is 11.9 Å². The van der Waals surface area contributed by atoms with Gasteiger partial charge in [0.15, 0.2) is 0 Å². The molecule has 0 heterocycles. The molecule has 0 spiro atoms. The van der Waals surface area contributed by atoms with Gasteiger partial charge in [0.05, 0.1) is 5.56 Å². The molecule has 1 aromatic carbocycles. The van der Waals surface area contributed by atoms with Crippen LogP contribution >= 0.6 is 27.5 Å². The van der Waals surface area contributed by atoms with Crippen molar-refractivity contribution in [1.29, 1.82) is 0 Å². The SMILES string of the molecule is CC(C)CCC(C)NC(=O)c1cc(Cl)ccc1Br. The zero-order valence-electron chi connectivity index (χ0n) is 11.0. The van der Waals surface area contributed by atoms with Crippen LogP contribution in [-0.2, 0) is 0 Å². The Bertz CT molecular complexity index is 420. The number of hydrogen-bond acceptors (Lipinski definition) is 1. The van der Waals surface area contributed by atoms with E-state index in [1.54, 1.807) is 18.2 Å². The molecule has 4 heteroatoms. The summed E-state index contributed by atoms with van der Waals surface area (Å²) < 4.78 is 0.764. The smallest absolute Gasteiger partial charge is 0.252 e. The maximum Gasteiger partial charge on any atom is 0.252 e. The molecular weight excluding hydrogens is 314 g/mol. The summed E-state index contributed by atoms with van der Waals surface area (Å²) in [5.74, 6) is 0.572. The fraction of sp³-hybridized carbons (Fsp3) is 0.500. The summed E-state index contributed by atoms with van der Waals surface area (Å²) in [5.41, 5.74) is 0.582. The summed E-state index contributed by atoms with van der Waals surface area (Å²) >= 11 is 9.26. The van der Waals surface area contributed by atoms with Crippen molar-refractivity contribution in [2.75, 3.05) is 0 Å². The number of hydrogen-bond donors (Lipinski definition) is 1. The Morgan fingerprint density at radius 3 is 2.61 bits per heavy atom. The van der Waals surface area contributed by atoms with E-state index in [9.17, 15) is 4.79 Å². The van der Waals surface area contributed by atoms with Gasteiger partial charge in [0.25, 0.3) is 5.91 Å². The summed E-state index contributed by atoms with van der Waals surface area (Å²) in [6, 6.07) is 5.39. The predicted molar refractivity (Wildman–Crippen MR) is 80.2 cm³/mol. The van der Waals surface area contributed by atoms with E-state index >= 15 is 0 Å². The molecule has 0 saturated carbocycles. The van der Waals surface area contributed by atoms with E-state index < -0.39 is 0 Å². The van der Waals surface area contributed by atoms with Crippen LogP contribution in [0.5, 0.6) is 0 Å². The van der Waals surface area contributed by atoms with E-state index in [4.69, 9.17) is 11.6 Å². The second kappa shape index (κ2) is 7.15. The van der Waals surface area contributed by atoms with Gasteiger partial charge in [-0.15, -0.1) is 0 Å². The molecule has 2 nitrogen and oxygen atoms in total. The number of carbonyl (C=O) groups is 1. The van der Waals surface area contributed by atoms with Gasteiger partial charge in [0.2, 0.25) is 0 Å². The molecule has 1 rings (SSSR count). The van der Waals surface area contributed by atoms with Gasteiger partial charge >= 0.3 is 0 Å². The second-order valence-corrected chi connectivity index (χ2v) is 6.26. The molecule has 1 N–H and O–H groups in total. The first-order valence-corrected chi connectivity index (χ1v) is 7.33. The summed E-state index contributed by atoms with van der Waals surface area (Å²) in [6.07, 6.45) is 2.10. The van der Waals surface area contributed by atoms with Gasteiger partial charge < -0.3 is 5.32 Å². The van der Waals surface area contributed by atoms with Crippen LogP contribution in [-0.4, -0.2) is 11.9 Å². The van der Waals surface area contributed by atoms with Gasteiger partial charge in [-0.05, 0) is 59.8 Å². The number of benzene rings is 1. The molecule has 0 aromatic heterocycles. The molecule has 18 heavy (non-hydrogen) atoms. The summed E-state index contributed by atoms with van der Waals surface area (Å²) in [4.78, 5) is 12.1. The van der Waals surface area contributed by atoms with Crippen LogP contribution in [0, 0.1) is 5.92 Å². The third kappa shape index (κ3) is 4.99. The van der Waals surface area contributed by atoms with Gasteiger partial charge in [-0.3, -0.25) is 4.79 Å². The predicted octanol–water partition coefficient (Wildman–Crippen LogP) is 4.66. The van der Waals surface area contributed by atoms with Crippen molar-refractivity contribution in [2.45, 2.75) is 39.7 Å². The highest BCUT2D eigenvalue weighted by molar-refractivity contribution is 9.10. The van der Waals surface area contributed by atoms with Crippen molar-refractivity contribution >= 4 is 33.4 Å². The van der Waals surface area contributed by atoms with E-state index in [1.165, 1.54) is 0 Å². The first-order valence-electron chi connectivity index (χ1n) is 6.16. The van der Waals surface area contributed by atoms with Crippen LogP contribution in [0.1, 0.15) is 44.0 Å². The van der Waals surface area contributed by atoms with Gasteiger partial charge in [-0.25, -0.2) is 0 Å². The van der Waals surface area contributed by atoms with E-state index in [1.807, 2.05) is 6.92 Å². The first kappa shape index (κ1) is 15.5. The van der Waals surface area contributed by atoms with Crippen LogP contribution < -0.4 is 5.32 Å². The Labute approximate surface area is 122 Å². The van der Waals surface area contributed by atoms with Crippen molar-refractivity contribution in [3.63, 3.8) is 0 Å². The lowest BCUT2D eigenvalue weighted by atomic mass is 10.0. The standard InChI is InChI=1S/C14H19BrClNO/c1-9(2)4-5-10(3)17-14(18)12-8-11(16)6-7-13(12)15/h6-10H,4-5H2,1-3H3,(H,17,18). The van der Waals surface area contributed by atoms with Crippen LogP contribution in [0.2, 0.25) is 5.02 Å². The van der Waals surface area contributed by atoms with Crippen molar-refractivity contribution in [3.05, 3.63) is 33.3 Å². The third-order valence-corrected chi connectivity index (χ3v) is 3.65. The minimum atomic E-state index is -0.0827. The molecule has 1 aromatic rings. The maximum absolute atomic E-state index is 12.1. The Morgan fingerprint density at radius 1 is 1.33 bits per heavy atom. The number of rotatable bonds is 5. The minimum absolute atomic E-state index is 0.0827. The average molecular weight is 333 g/mol. The molecule has 0 bridgehead atoms. The fourth-order valence-corrected chi connectivity index (χ4v) is 2.23. The highest BCUT2D eigenvalue weighted by atomic mass is 79.9. The number of carbonyl (C=O) groups excluding carboxylic acids is 1. The summed E-state index contributed by atoms with van der Waals surface area (Å²) in [5, 5.41) is 3.56. The molecule has 0 aliphatic heterocycles. The average Bonchev–Trinajstić information content (AvgIpc) is 2.29. The van der Waals surface area contributed by atoms with E-state index in [0.717, 1.165) is 17.3 Å². The molecular formula is C14H19BrClNO. The molecule has 1 unspecified atom stereocenters. The Hall–Kier alpha value is -0.540. The minimum Gasteiger partial charge on any atom is -0.350 e. The lowest BCUT2D eigenvalue weighted by molar-refractivity contribution is 0.0936. The van der Waals surface area contributed by atoms with Gasteiger partial charge in [-0.1, -0.05) is 25.4 Å². The van der Waals surface area contributed by atoms with Crippen molar-refractivity contribution in [1.82, 2.24) is 5.32 Å². The Morgan fingerprint density at radius 2 is 2.00 bits per heavy atom. The van der Waals surface area contributed by atoms with Crippen LogP contribution in [0.4, 0.5) is 0 Å². The molecule has 100 valence electrons. The van der Waals surface area contributed by atoms with Gasteiger partial charge in [0.1, 0.15) is 0 Å². The maximum atomic E-state index is 12.1. The van der Waals surface area contributed by atoms with Crippen molar-refractivity contribution < 1.29 is 4.79 Å². The zero-order chi connectivity index (χ0) is 13.7. The second-order valence-electron chi connectivity index (χ2n) is 4.97. The summed E-state index contributed by atoms with van der Waals surface area (Å²) in [7, 11) is 0. The van der Waals surface area contributed by atoms with Crippen molar-refractivity contribution in [3.8, 4) is 0 Å². The highest BCUT2D eigenvalue weighted by Gasteiger charge is 2.13. The lowest BCUT2D eigenvalue weighted by Gasteiger charge is -2.15. The number of nitrogens with one attached hydrogen (secondary N) is 1. The monoisotopic (exact) mass is 331 g/mol. The number of halogens is 2. The van der Waals surface area contributed by atoms with Gasteiger partial charge in [-0.2, -0.15) is 0 Å². The summed E-state index contributed by atoms with van der Waals surface area (Å²) in [6.45, 7) is 6.39. The molecule has 1 amide bonds. The van der Waals surface area contributed by atoms with Crippen LogP contribution in [0.3, 0.4) is 0 Å². The van der Waals surface area contributed by atoms with E-state index in [0.29, 0.717) is 16.5 Å². The highest BCUT2D eigenvalue weighted by Crippen LogP contribution is 2.21. The molecule has 0 aliphatic rings. The van der Waals surface area contributed by atoms with Crippen LogP contribution in [0.25, 0.3) is 0 Å². The number of amides is 1. The topological polar surface area (TPSA) is 29.1 Å². The lowest BCUT2D eigenvalue weighted by Crippen LogP contribution is -2.32. The fourth-order valence-electron chi connectivity index (χ4n) is 1.63. The normalized spacial score (nSPS) is 12.6. The van der Waals surface area contributed by atoms with Gasteiger partial charge in [0, 0.05) is 15.5 Å². The third-order valence-electron chi connectivity index (χ3n) is 2.73. The zero-order valence-corrected chi connectivity index (χ0v) is 13.3. The quantitative estimate of drug-likeness (QED) is 0.835. The van der Waals surface area contributed by atoms with Crippen molar-refractivity contribution in [2.24, 2.45) is 5.92 Å². The molecule has 0 fully saturated rings. The molecule has 0 saturated heterocycles. The molecule has 0 aliphatic carbocycles.